The molecule has 2 heterocycles. The topological polar surface area (TPSA) is 83.6 Å². The van der Waals surface area contributed by atoms with E-state index in [1.54, 1.807) is 19.4 Å². The van der Waals surface area contributed by atoms with Crippen LogP contribution in [0.5, 0.6) is 0 Å². The van der Waals surface area contributed by atoms with E-state index in [4.69, 9.17) is 9.52 Å². The summed E-state index contributed by atoms with van der Waals surface area (Å²) in [5, 5.41) is 8.78. The lowest BCUT2D eigenvalue weighted by molar-refractivity contribution is 0.0695. The molecule has 1 N–H and O–H groups in total. The van der Waals surface area contributed by atoms with Crippen LogP contribution in [0.1, 0.15) is 26.5 Å². The number of furan rings is 1. The van der Waals surface area contributed by atoms with Crippen LogP contribution in [0.15, 0.2) is 41.3 Å². The Bertz CT molecular complexity index is 607. The van der Waals surface area contributed by atoms with Crippen molar-refractivity contribution in [2.24, 2.45) is 0 Å². The van der Waals surface area contributed by atoms with Crippen LogP contribution in [-0.4, -0.2) is 40.5 Å². The number of aromatic nitrogens is 1. The predicted octanol–water partition coefficient (Wildman–Crippen LogP) is 1.69. The fraction of sp³-hybridized carbons (Fsp3) is 0.214. The first-order valence-corrected chi connectivity index (χ1v) is 6.04. The van der Waals surface area contributed by atoms with Gasteiger partial charge < -0.3 is 14.4 Å². The number of hydrogen-bond acceptors (Lipinski definition) is 4. The Labute approximate surface area is 115 Å². The molecule has 6 nitrogen and oxygen atoms in total. The van der Waals surface area contributed by atoms with E-state index < -0.39 is 5.97 Å². The van der Waals surface area contributed by atoms with Gasteiger partial charge in [-0.2, -0.15) is 0 Å². The minimum Gasteiger partial charge on any atom is -0.478 e. The lowest BCUT2D eigenvalue weighted by Gasteiger charge is -2.15. The maximum absolute atomic E-state index is 12.0. The summed E-state index contributed by atoms with van der Waals surface area (Å²) in [6.45, 7) is 0.506. The number of carboxylic acids is 1. The molecule has 0 radical (unpaired) electrons. The van der Waals surface area contributed by atoms with Crippen molar-refractivity contribution in [3.05, 3.63) is 53.7 Å². The fourth-order valence-corrected chi connectivity index (χ4v) is 1.70. The van der Waals surface area contributed by atoms with Crippen molar-refractivity contribution in [1.29, 1.82) is 0 Å². The first kappa shape index (κ1) is 13.8. The second-order valence-corrected chi connectivity index (χ2v) is 4.34. The lowest BCUT2D eigenvalue weighted by atomic mass is 10.2. The molecule has 0 spiro atoms. The van der Waals surface area contributed by atoms with Crippen LogP contribution in [0.25, 0.3) is 0 Å². The number of rotatable bonds is 5. The Balaban J connectivity index is 1.96. The highest BCUT2D eigenvalue weighted by Gasteiger charge is 2.18. The number of likely N-dealkylation sites (N-methyl/N-ethyl adjacent to an activating group) is 1. The second-order valence-electron chi connectivity index (χ2n) is 4.34. The molecule has 0 saturated heterocycles. The molecular weight excluding hydrogens is 260 g/mol. The summed E-state index contributed by atoms with van der Waals surface area (Å²) in [5.74, 6) is -1.43. The molecule has 0 aliphatic carbocycles. The maximum atomic E-state index is 12.0. The molecule has 2 aromatic rings. The van der Waals surface area contributed by atoms with Crippen LogP contribution in [0.3, 0.4) is 0 Å². The van der Waals surface area contributed by atoms with E-state index in [1.165, 1.54) is 11.0 Å². The highest BCUT2D eigenvalue weighted by atomic mass is 16.4. The summed E-state index contributed by atoms with van der Waals surface area (Å²) in [4.78, 5) is 28.2. The molecule has 1 amide bonds. The molecule has 0 unspecified atom stereocenters. The van der Waals surface area contributed by atoms with Crippen LogP contribution in [-0.2, 0) is 6.42 Å². The van der Waals surface area contributed by atoms with Gasteiger partial charge in [0, 0.05) is 32.1 Å². The first-order valence-electron chi connectivity index (χ1n) is 6.04. The summed E-state index contributed by atoms with van der Waals surface area (Å²) in [6.07, 6.45) is 5.15. The van der Waals surface area contributed by atoms with Gasteiger partial charge in [-0.25, -0.2) is 4.79 Å². The summed E-state index contributed by atoms with van der Waals surface area (Å²) >= 11 is 0. The van der Waals surface area contributed by atoms with Crippen LogP contribution >= 0.6 is 0 Å². The number of amides is 1. The zero-order valence-corrected chi connectivity index (χ0v) is 10.9. The molecule has 0 aliphatic rings. The van der Waals surface area contributed by atoms with Crippen LogP contribution in [0.4, 0.5) is 0 Å². The molecule has 6 heteroatoms. The molecule has 0 aromatic carbocycles. The largest absolute Gasteiger partial charge is 0.478 e. The Morgan fingerprint density at radius 3 is 2.65 bits per heavy atom. The molecule has 2 rings (SSSR count). The van der Waals surface area contributed by atoms with Crippen molar-refractivity contribution >= 4 is 11.9 Å². The van der Waals surface area contributed by atoms with Gasteiger partial charge in [0.1, 0.15) is 6.26 Å². The first-order chi connectivity index (χ1) is 9.58. The van der Waals surface area contributed by atoms with Crippen molar-refractivity contribution in [2.75, 3.05) is 13.6 Å². The van der Waals surface area contributed by atoms with Crippen molar-refractivity contribution in [3.8, 4) is 0 Å². The van der Waals surface area contributed by atoms with Gasteiger partial charge in [0.15, 0.2) is 5.76 Å². The molecule has 20 heavy (non-hydrogen) atoms. The number of carbonyl (C=O) groups is 2. The van der Waals surface area contributed by atoms with Crippen LogP contribution in [0.2, 0.25) is 0 Å². The third kappa shape index (κ3) is 3.23. The van der Waals surface area contributed by atoms with E-state index in [9.17, 15) is 9.59 Å². The number of nitrogens with zero attached hydrogens (tertiary/aromatic N) is 2. The van der Waals surface area contributed by atoms with E-state index >= 15 is 0 Å². The molecule has 0 saturated carbocycles. The average molecular weight is 274 g/mol. The van der Waals surface area contributed by atoms with Gasteiger partial charge >= 0.3 is 5.97 Å². The van der Waals surface area contributed by atoms with Crippen LogP contribution in [0, 0.1) is 0 Å². The number of hydrogen-bond donors (Lipinski definition) is 1. The van der Waals surface area contributed by atoms with E-state index in [1.807, 2.05) is 12.1 Å². The zero-order chi connectivity index (χ0) is 14.5. The van der Waals surface area contributed by atoms with Crippen molar-refractivity contribution in [2.45, 2.75) is 6.42 Å². The Morgan fingerprint density at radius 2 is 2.05 bits per heavy atom. The fourth-order valence-electron chi connectivity index (χ4n) is 1.70. The predicted molar refractivity (Wildman–Crippen MR) is 70.6 cm³/mol. The Hall–Kier alpha value is -2.63. The number of pyridine rings is 1. The van der Waals surface area contributed by atoms with E-state index in [0.29, 0.717) is 13.0 Å². The van der Waals surface area contributed by atoms with Gasteiger partial charge in [-0.1, -0.05) is 0 Å². The molecule has 0 aliphatic heterocycles. The quantitative estimate of drug-likeness (QED) is 0.896. The number of aromatic carboxylic acids is 1. The van der Waals surface area contributed by atoms with Crippen molar-refractivity contribution < 1.29 is 19.1 Å². The normalized spacial score (nSPS) is 10.2. The Kier molecular flexibility index (Phi) is 4.14. The van der Waals surface area contributed by atoms with E-state index in [0.717, 1.165) is 11.8 Å². The molecular formula is C14H14N2O4. The molecule has 0 atom stereocenters. The summed E-state index contributed by atoms with van der Waals surface area (Å²) < 4.78 is 4.98. The monoisotopic (exact) mass is 274 g/mol. The van der Waals surface area contributed by atoms with E-state index in [-0.39, 0.29) is 17.2 Å². The second kappa shape index (κ2) is 6.01. The third-order valence-corrected chi connectivity index (χ3v) is 2.89. The minimum absolute atomic E-state index is 0.0274. The standard InChI is InChI=1S/C14H14N2O4/c1-16(7-4-10-2-5-15-6-3-10)13(17)12-8-11(9-20-12)14(18)19/h2-3,5-6,8-9H,4,7H2,1H3,(H,18,19). The third-order valence-electron chi connectivity index (χ3n) is 2.89. The van der Waals surface area contributed by atoms with Crippen molar-refractivity contribution in [3.63, 3.8) is 0 Å². The molecule has 2 aromatic heterocycles. The van der Waals surface area contributed by atoms with Gasteiger partial charge in [-0.3, -0.25) is 9.78 Å². The van der Waals surface area contributed by atoms with Gasteiger partial charge in [0.2, 0.25) is 0 Å². The zero-order valence-electron chi connectivity index (χ0n) is 10.9. The Morgan fingerprint density at radius 1 is 1.35 bits per heavy atom. The molecule has 104 valence electrons. The van der Waals surface area contributed by atoms with Crippen molar-refractivity contribution in [1.82, 2.24) is 9.88 Å². The number of carboxylic acid groups (broad SMARTS) is 1. The highest BCUT2D eigenvalue weighted by Crippen LogP contribution is 2.10. The van der Waals surface area contributed by atoms with E-state index in [2.05, 4.69) is 4.98 Å². The molecule has 0 bridgehead atoms. The highest BCUT2D eigenvalue weighted by molar-refractivity contribution is 5.95. The maximum Gasteiger partial charge on any atom is 0.338 e. The number of carbonyl (C=O) groups excluding carboxylic acids is 1. The summed E-state index contributed by atoms with van der Waals surface area (Å²) in [5.41, 5.74) is 1.04. The minimum atomic E-state index is -1.12. The lowest BCUT2D eigenvalue weighted by Crippen LogP contribution is -2.28. The molecule has 0 fully saturated rings. The summed E-state index contributed by atoms with van der Waals surface area (Å²) in [6, 6.07) is 5.00. The van der Waals surface area contributed by atoms with Gasteiger partial charge in [-0.05, 0) is 24.1 Å². The van der Waals surface area contributed by atoms with Gasteiger partial charge in [0.05, 0.1) is 5.56 Å². The SMILES string of the molecule is CN(CCc1ccncc1)C(=O)c1cc(C(=O)O)co1. The average Bonchev–Trinajstić information content (AvgIpc) is 2.95. The van der Waals surface area contributed by atoms with Gasteiger partial charge in [0.25, 0.3) is 5.91 Å². The summed E-state index contributed by atoms with van der Waals surface area (Å²) in [7, 11) is 1.65. The van der Waals surface area contributed by atoms with Crippen LogP contribution < -0.4 is 0 Å². The smallest absolute Gasteiger partial charge is 0.338 e. The van der Waals surface area contributed by atoms with Gasteiger partial charge in [-0.15, -0.1) is 0 Å².